The largest absolute Gasteiger partial charge is 0.494 e. The van der Waals surface area contributed by atoms with E-state index < -0.39 is 0 Å². The van der Waals surface area contributed by atoms with Gasteiger partial charge in [-0.25, -0.2) is 0 Å². The first-order valence-electron chi connectivity index (χ1n) is 7.30. The van der Waals surface area contributed by atoms with E-state index in [1.165, 1.54) is 0 Å². The predicted octanol–water partition coefficient (Wildman–Crippen LogP) is 3.70. The zero-order valence-corrected chi connectivity index (χ0v) is 12.2. The second-order valence-electron chi connectivity index (χ2n) is 5.48. The van der Waals surface area contributed by atoms with Crippen LogP contribution in [0.15, 0.2) is 24.3 Å². The Morgan fingerprint density at radius 1 is 1.42 bits per heavy atom. The van der Waals surface area contributed by atoms with Gasteiger partial charge >= 0.3 is 0 Å². The van der Waals surface area contributed by atoms with Crippen molar-refractivity contribution in [3.63, 3.8) is 0 Å². The summed E-state index contributed by atoms with van der Waals surface area (Å²) in [4.78, 5) is 0. The number of benzene rings is 1. The Hall–Kier alpha value is -1.22. The molecule has 3 heteroatoms. The van der Waals surface area contributed by atoms with Gasteiger partial charge in [0, 0.05) is 24.4 Å². The molecule has 106 valence electrons. The molecule has 0 radical (unpaired) electrons. The van der Waals surface area contributed by atoms with Crippen molar-refractivity contribution in [3.8, 4) is 5.75 Å². The van der Waals surface area contributed by atoms with E-state index in [1.807, 2.05) is 19.1 Å². The number of rotatable bonds is 5. The highest BCUT2D eigenvalue weighted by Crippen LogP contribution is 2.24. The Morgan fingerprint density at radius 3 is 3.00 bits per heavy atom. The van der Waals surface area contributed by atoms with Gasteiger partial charge in [0.1, 0.15) is 5.75 Å². The lowest BCUT2D eigenvalue weighted by Crippen LogP contribution is -2.36. The fourth-order valence-corrected chi connectivity index (χ4v) is 2.50. The Morgan fingerprint density at radius 2 is 2.26 bits per heavy atom. The molecule has 1 aliphatic rings. The molecule has 1 aliphatic heterocycles. The number of nitrogens with one attached hydrogen (secondary N) is 1. The van der Waals surface area contributed by atoms with Crippen molar-refractivity contribution in [1.82, 2.24) is 0 Å². The van der Waals surface area contributed by atoms with Gasteiger partial charge in [0.2, 0.25) is 0 Å². The summed E-state index contributed by atoms with van der Waals surface area (Å²) in [7, 11) is 0. The highest BCUT2D eigenvalue weighted by atomic mass is 16.5. The van der Waals surface area contributed by atoms with Gasteiger partial charge in [-0.3, -0.25) is 0 Å². The summed E-state index contributed by atoms with van der Waals surface area (Å²) in [6.45, 7) is 8.01. The Labute approximate surface area is 116 Å². The van der Waals surface area contributed by atoms with E-state index in [0.717, 1.165) is 30.9 Å². The molecule has 1 heterocycles. The second kappa shape index (κ2) is 6.80. The third kappa shape index (κ3) is 4.13. The van der Waals surface area contributed by atoms with Crippen molar-refractivity contribution in [3.05, 3.63) is 24.3 Å². The average molecular weight is 263 g/mol. The topological polar surface area (TPSA) is 30.5 Å². The minimum absolute atomic E-state index is 0.376. The highest BCUT2D eigenvalue weighted by Gasteiger charge is 2.24. The summed E-state index contributed by atoms with van der Waals surface area (Å²) in [6, 6.07) is 8.70. The molecule has 1 fully saturated rings. The van der Waals surface area contributed by atoms with Gasteiger partial charge in [0.25, 0.3) is 0 Å². The third-order valence-electron chi connectivity index (χ3n) is 3.57. The van der Waals surface area contributed by atoms with E-state index >= 15 is 0 Å². The molecule has 2 atom stereocenters. The van der Waals surface area contributed by atoms with E-state index in [2.05, 4.69) is 31.3 Å². The third-order valence-corrected chi connectivity index (χ3v) is 3.57. The minimum Gasteiger partial charge on any atom is -0.494 e. The molecule has 0 amide bonds. The quantitative estimate of drug-likeness (QED) is 0.878. The molecular weight excluding hydrogens is 238 g/mol. The maximum absolute atomic E-state index is 5.80. The van der Waals surface area contributed by atoms with Crippen molar-refractivity contribution in [1.29, 1.82) is 0 Å². The summed E-state index contributed by atoms with van der Waals surface area (Å²) in [6.07, 6.45) is 2.53. The number of hydrogen-bond donors (Lipinski definition) is 1. The maximum atomic E-state index is 5.80. The number of anilines is 1. The average Bonchev–Trinajstić information content (AvgIpc) is 2.40. The van der Waals surface area contributed by atoms with E-state index in [9.17, 15) is 0 Å². The van der Waals surface area contributed by atoms with Crippen LogP contribution in [0.4, 0.5) is 5.69 Å². The Kier molecular flexibility index (Phi) is 5.08. The second-order valence-corrected chi connectivity index (χ2v) is 5.48. The van der Waals surface area contributed by atoms with Crippen LogP contribution < -0.4 is 10.1 Å². The van der Waals surface area contributed by atoms with Crippen LogP contribution in [0.25, 0.3) is 0 Å². The van der Waals surface area contributed by atoms with E-state index in [4.69, 9.17) is 9.47 Å². The molecule has 2 unspecified atom stereocenters. The van der Waals surface area contributed by atoms with Gasteiger partial charge in [-0.2, -0.15) is 0 Å². The molecule has 2 rings (SSSR count). The smallest absolute Gasteiger partial charge is 0.121 e. The van der Waals surface area contributed by atoms with Crippen molar-refractivity contribution < 1.29 is 9.47 Å². The van der Waals surface area contributed by atoms with E-state index in [-0.39, 0.29) is 0 Å². The Bertz CT molecular complexity index is 392. The number of hydrogen-bond acceptors (Lipinski definition) is 3. The monoisotopic (exact) mass is 263 g/mol. The molecular formula is C16H25NO2. The highest BCUT2D eigenvalue weighted by molar-refractivity contribution is 5.48. The van der Waals surface area contributed by atoms with Crippen LogP contribution in [-0.2, 0) is 4.74 Å². The minimum atomic E-state index is 0.376. The molecule has 0 bridgehead atoms. The molecule has 1 aromatic rings. The van der Waals surface area contributed by atoms with Gasteiger partial charge in [0.15, 0.2) is 0 Å². The Balaban J connectivity index is 1.94. The molecule has 0 saturated carbocycles. The van der Waals surface area contributed by atoms with Crippen LogP contribution in [0.5, 0.6) is 5.75 Å². The van der Waals surface area contributed by atoms with E-state index in [1.54, 1.807) is 0 Å². The first kappa shape index (κ1) is 14.2. The van der Waals surface area contributed by atoms with Gasteiger partial charge < -0.3 is 14.8 Å². The summed E-state index contributed by atoms with van der Waals surface area (Å²) in [5, 5.41) is 3.60. The fourth-order valence-electron chi connectivity index (χ4n) is 2.50. The summed E-state index contributed by atoms with van der Waals surface area (Å²) in [5.74, 6) is 1.51. The van der Waals surface area contributed by atoms with Crippen LogP contribution >= 0.6 is 0 Å². The lowest BCUT2D eigenvalue weighted by molar-refractivity contribution is -0.0160. The predicted molar refractivity (Wildman–Crippen MR) is 78.8 cm³/mol. The molecule has 1 N–H and O–H groups in total. The zero-order valence-electron chi connectivity index (χ0n) is 12.2. The first-order chi connectivity index (χ1) is 9.19. The van der Waals surface area contributed by atoms with Crippen molar-refractivity contribution in [2.45, 2.75) is 45.8 Å². The molecule has 19 heavy (non-hydrogen) atoms. The van der Waals surface area contributed by atoms with E-state index in [0.29, 0.717) is 24.7 Å². The van der Waals surface area contributed by atoms with Crippen LogP contribution in [0.1, 0.15) is 33.6 Å². The number of ether oxygens (including phenoxy) is 2. The molecule has 0 aliphatic carbocycles. The molecule has 1 aromatic carbocycles. The van der Waals surface area contributed by atoms with Crippen molar-refractivity contribution >= 4 is 5.69 Å². The van der Waals surface area contributed by atoms with Gasteiger partial charge in [-0.15, -0.1) is 0 Å². The zero-order chi connectivity index (χ0) is 13.7. The summed E-state index contributed by atoms with van der Waals surface area (Å²) in [5.41, 5.74) is 1.14. The fraction of sp³-hybridized carbons (Fsp3) is 0.625. The van der Waals surface area contributed by atoms with Gasteiger partial charge in [-0.05, 0) is 37.8 Å². The normalized spacial score (nSPS) is 23.4. The molecule has 0 aromatic heterocycles. The van der Waals surface area contributed by atoms with Crippen LogP contribution in [-0.4, -0.2) is 25.4 Å². The maximum Gasteiger partial charge on any atom is 0.121 e. The van der Waals surface area contributed by atoms with Crippen LogP contribution in [0.3, 0.4) is 0 Å². The first-order valence-corrected chi connectivity index (χ1v) is 7.30. The van der Waals surface area contributed by atoms with Crippen LogP contribution in [0, 0.1) is 5.92 Å². The lowest BCUT2D eigenvalue weighted by Gasteiger charge is -2.33. The van der Waals surface area contributed by atoms with Gasteiger partial charge in [0.05, 0.1) is 12.7 Å². The van der Waals surface area contributed by atoms with Crippen molar-refractivity contribution in [2.24, 2.45) is 5.92 Å². The molecule has 0 spiro atoms. The SMILES string of the molecule is CCOc1cccc(NC2CCOC(C(C)C)C2)c1. The van der Waals surface area contributed by atoms with Gasteiger partial charge in [-0.1, -0.05) is 19.9 Å². The standard InChI is InChI=1S/C16H25NO2/c1-4-18-15-7-5-6-13(10-15)17-14-8-9-19-16(11-14)12(2)3/h5-7,10,12,14,16-17H,4,8-9,11H2,1-3H3. The molecule has 3 nitrogen and oxygen atoms in total. The summed E-state index contributed by atoms with van der Waals surface area (Å²) < 4.78 is 11.3. The van der Waals surface area contributed by atoms with Crippen molar-refractivity contribution in [2.75, 3.05) is 18.5 Å². The summed E-state index contributed by atoms with van der Waals surface area (Å²) >= 11 is 0. The molecule has 1 saturated heterocycles. The lowest BCUT2D eigenvalue weighted by atomic mass is 9.95. The van der Waals surface area contributed by atoms with Crippen LogP contribution in [0.2, 0.25) is 0 Å².